The molecule has 112 valence electrons. The Morgan fingerprint density at radius 1 is 1.30 bits per heavy atom. The molecule has 1 aromatic rings. The minimum Gasteiger partial charge on any atom is -0.399 e. The Morgan fingerprint density at radius 2 is 1.90 bits per heavy atom. The molecule has 0 aliphatic heterocycles. The third-order valence-electron chi connectivity index (χ3n) is 2.69. The molecule has 0 unspecified atom stereocenters. The van der Waals surface area contributed by atoms with E-state index in [1.807, 2.05) is 0 Å². The highest BCUT2D eigenvalue weighted by molar-refractivity contribution is 7.89. The highest BCUT2D eigenvalue weighted by Crippen LogP contribution is 2.20. The number of rotatable bonds is 5. The lowest BCUT2D eigenvalue weighted by molar-refractivity contribution is -0.128. The maximum absolute atomic E-state index is 13.3. The van der Waals surface area contributed by atoms with Gasteiger partial charge in [0, 0.05) is 26.3 Å². The van der Waals surface area contributed by atoms with E-state index in [4.69, 9.17) is 5.73 Å². The van der Waals surface area contributed by atoms with Gasteiger partial charge in [-0.1, -0.05) is 6.92 Å². The molecule has 1 aromatic carbocycles. The van der Waals surface area contributed by atoms with Gasteiger partial charge >= 0.3 is 0 Å². The second-order valence-electron chi connectivity index (χ2n) is 4.44. The number of hydrogen-bond acceptors (Lipinski definition) is 4. The van der Waals surface area contributed by atoms with Gasteiger partial charge in [0.05, 0.1) is 11.4 Å². The molecule has 0 bridgehead atoms. The van der Waals surface area contributed by atoms with Crippen molar-refractivity contribution in [3.8, 4) is 0 Å². The molecule has 1 amide bonds. The second kappa shape index (κ2) is 6.19. The summed E-state index contributed by atoms with van der Waals surface area (Å²) in [6, 6.07) is 3.08. The fourth-order valence-corrected chi connectivity index (χ4v) is 3.01. The van der Waals surface area contributed by atoms with Gasteiger partial charge in [-0.2, -0.15) is 4.31 Å². The maximum atomic E-state index is 13.3. The zero-order valence-electron chi connectivity index (χ0n) is 11.6. The first-order valence-corrected chi connectivity index (χ1v) is 7.39. The fraction of sp³-hybridized carbons (Fsp3) is 0.417. The van der Waals surface area contributed by atoms with Gasteiger partial charge in [-0.3, -0.25) is 4.79 Å². The number of hydrogen-bond donors (Lipinski definition) is 1. The first kappa shape index (κ1) is 16.4. The van der Waals surface area contributed by atoms with E-state index in [9.17, 15) is 17.6 Å². The summed E-state index contributed by atoms with van der Waals surface area (Å²) in [6.45, 7) is 1.39. The summed E-state index contributed by atoms with van der Waals surface area (Å²) in [6.07, 6.45) is 0. The van der Waals surface area contributed by atoms with Gasteiger partial charge in [-0.25, -0.2) is 12.8 Å². The summed E-state index contributed by atoms with van der Waals surface area (Å²) in [5.74, 6) is -1.10. The van der Waals surface area contributed by atoms with Gasteiger partial charge in [0.1, 0.15) is 5.82 Å². The molecule has 0 saturated carbocycles. The van der Waals surface area contributed by atoms with E-state index < -0.39 is 15.8 Å². The molecule has 0 radical (unpaired) electrons. The van der Waals surface area contributed by atoms with Crippen LogP contribution in [0.4, 0.5) is 10.1 Å². The van der Waals surface area contributed by atoms with Crippen molar-refractivity contribution in [2.75, 3.05) is 32.9 Å². The van der Waals surface area contributed by atoms with Crippen molar-refractivity contribution in [2.45, 2.75) is 11.8 Å². The molecule has 0 aliphatic carbocycles. The van der Waals surface area contributed by atoms with Crippen molar-refractivity contribution in [2.24, 2.45) is 0 Å². The van der Waals surface area contributed by atoms with Crippen LogP contribution in [-0.4, -0.2) is 50.7 Å². The van der Waals surface area contributed by atoms with Crippen LogP contribution in [0.3, 0.4) is 0 Å². The van der Waals surface area contributed by atoms with Crippen molar-refractivity contribution in [3.05, 3.63) is 24.0 Å². The molecular weight excluding hydrogens is 285 g/mol. The largest absolute Gasteiger partial charge is 0.399 e. The van der Waals surface area contributed by atoms with Gasteiger partial charge in [-0.15, -0.1) is 0 Å². The van der Waals surface area contributed by atoms with Crippen LogP contribution in [0.5, 0.6) is 0 Å². The van der Waals surface area contributed by atoms with Crippen molar-refractivity contribution in [1.82, 2.24) is 9.21 Å². The molecule has 0 atom stereocenters. The molecule has 20 heavy (non-hydrogen) atoms. The van der Waals surface area contributed by atoms with Gasteiger partial charge < -0.3 is 10.6 Å². The molecule has 0 heterocycles. The van der Waals surface area contributed by atoms with E-state index in [-0.39, 0.29) is 29.6 Å². The smallest absolute Gasteiger partial charge is 0.243 e. The summed E-state index contributed by atoms with van der Waals surface area (Å²) in [5.41, 5.74) is 5.46. The van der Waals surface area contributed by atoms with E-state index in [0.29, 0.717) is 0 Å². The summed E-state index contributed by atoms with van der Waals surface area (Å²) in [5, 5.41) is 0. The molecule has 0 aliphatic rings. The van der Waals surface area contributed by atoms with Gasteiger partial charge in [-0.05, 0) is 18.2 Å². The first-order valence-electron chi connectivity index (χ1n) is 5.95. The van der Waals surface area contributed by atoms with Gasteiger partial charge in [0.15, 0.2) is 0 Å². The Balaban J connectivity index is 3.15. The second-order valence-corrected chi connectivity index (χ2v) is 6.38. The topological polar surface area (TPSA) is 83.7 Å². The minimum absolute atomic E-state index is 0.0126. The molecule has 0 aromatic heterocycles. The molecule has 6 nitrogen and oxygen atoms in total. The van der Waals surface area contributed by atoms with E-state index in [1.54, 1.807) is 6.92 Å². The summed E-state index contributed by atoms with van der Waals surface area (Å²) < 4.78 is 39.0. The number of nitrogens with zero attached hydrogens (tertiary/aromatic N) is 2. The Bertz CT molecular complexity index is 582. The lowest BCUT2D eigenvalue weighted by Gasteiger charge is -2.22. The molecule has 0 fully saturated rings. The number of anilines is 1. The van der Waals surface area contributed by atoms with Crippen LogP contribution in [-0.2, 0) is 14.8 Å². The number of nitrogen functional groups attached to an aromatic ring is 1. The van der Waals surface area contributed by atoms with E-state index >= 15 is 0 Å². The van der Waals surface area contributed by atoms with Crippen molar-refractivity contribution in [1.29, 1.82) is 0 Å². The normalized spacial score (nSPS) is 11.7. The standard InChI is InChI=1S/C12H18FN3O3S/c1-4-16(8-12(17)15(2)3)20(18,19)11-6-9(13)5-10(14)7-11/h5-7H,4,8,14H2,1-3H3. The average molecular weight is 303 g/mol. The van der Waals surface area contributed by atoms with E-state index in [2.05, 4.69) is 0 Å². The summed E-state index contributed by atoms with van der Waals surface area (Å²) in [4.78, 5) is 12.7. The van der Waals surface area contributed by atoms with Gasteiger partial charge in [0.2, 0.25) is 15.9 Å². The number of sulfonamides is 1. The highest BCUT2D eigenvalue weighted by atomic mass is 32.2. The predicted octanol–water partition coefficient (Wildman–Crippen LogP) is 0.507. The fourth-order valence-electron chi connectivity index (χ4n) is 1.54. The van der Waals surface area contributed by atoms with Crippen molar-refractivity contribution in [3.63, 3.8) is 0 Å². The summed E-state index contributed by atoms with van der Waals surface area (Å²) >= 11 is 0. The number of carbonyl (C=O) groups excluding carboxylic acids is 1. The van der Waals surface area contributed by atoms with Crippen molar-refractivity contribution < 1.29 is 17.6 Å². The Labute approximate surface area is 118 Å². The predicted molar refractivity (Wildman–Crippen MR) is 73.9 cm³/mol. The molecule has 0 saturated heterocycles. The van der Waals surface area contributed by atoms with Crippen LogP contribution in [0.15, 0.2) is 23.1 Å². The third kappa shape index (κ3) is 3.67. The number of amides is 1. The number of likely N-dealkylation sites (N-methyl/N-ethyl adjacent to an activating group) is 2. The van der Waals surface area contributed by atoms with E-state index in [1.165, 1.54) is 25.1 Å². The van der Waals surface area contributed by atoms with Crippen LogP contribution < -0.4 is 5.73 Å². The maximum Gasteiger partial charge on any atom is 0.243 e. The highest BCUT2D eigenvalue weighted by Gasteiger charge is 2.26. The molecule has 1 rings (SSSR count). The summed E-state index contributed by atoms with van der Waals surface area (Å²) in [7, 11) is -0.897. The Morgan fingerprint density at radius 3 is 2.35 bits per heavy atom. The van der Waals surface area contributed by atoms with Crippen LogP contribution >= 0.6 is 0 Å². The number of benzene rings is 1. The van der Waals surface area contributed by atoms with Crippen LogP contribution in [0, 0.1) is 5.82 Å². The van der Waals surface area contributed by atoms with Crippen LogP contribution in [0.1, 0.15) is 6.92 Å². The first-order chi connectivity index (χ1) is 9.18. The third-order valence-corrected chi connectivity index (χ3v) is 4.59. The molecule has 2 N–H and O–H groups in total. The quantitative estimate of drug-likeness (QED) is 0.803. The van der Waals surface area contributed by atoms with Crippen molar-refractivity contribution >= 4 is 21.6 Å². The molecular formula is C12H18FN3O3S. The number of nitrogens with two attached hydrogens (primary N) is 1. The Hall–Kier alpha value is -1.67. The van der Waals surface area contributed by atoms with Crippen LogP contribution in [0.2, 0.25) is 0 Å². The molecule has 8 heteroatoms. The number of halogens is 1. The monoisotopic (exact) mass is 303 g/mol. The van der Waals surface area contributed by atoms with Crippen LogP contribution in [0.25, 0.3) is 0 Å². The van der Waals surface area contributed by atoms with Gasteiger partial charge in [0.25, 0.3) is 0 Å². The zero-order chi connectivity index (χ0) is 15.5. The number of carbonyl (C=O) groups is 1. The Kier molecular flexibility index (Phi) is 5.07. The molecule has 0 spiro atoms. The lowest BCUT2D eigenvalue weighted by Crippen LogP contribution is -2.40. The average Bonchev–Trinajstić information content (AvgIpc) is 2.33. The zero-order valence-corrected chi connectivity index (χ0v) is 12.4. The SMILES string of the molecule is CCN(CC(=O)N(C)C)S(=O)(=O)c1cc(N)cc(F)c1. The minimum atomic E-state index is -3.96. The lowest BCUT2D eigenvalue weighted by atomic mass is 10.3. The van der Waals surface area contributed by atoms with E-state index in [0.717, 1.165) is 16.4 Å².